The summed E-state index contributed by atoms with van der Waals surface area (Å²) in [5.41, 5.74) is 1.66. The molecule has 2 heterocycles. The second kappa shape index (κ2) is 8.57. The van der Waals surface area contributed by atoms with Crippen LogP contribution >= 0.6 is 0 Å². The minimum atomic E-state index is -0.867. The average Bonchev–Trinajstić information content (AvgIpc) is 3.29. The largest absolute Gasteiger partial charge is 0.494 e. The van der Waals surface area contributed by atoms with Gasteiger partial charge in [0.2, 0.25) is 18.0 Å². The van der Waals surface area contributed by atoms with Crippen LogP contribution in [0.1, 0.15) is 54.8 Å². The topological polar surface area (TPSA) is 84.9 Å². The number of ether oxygens (including phenoxy) is 2. The molecule has 2 unspecified atom stereocenters. The van der Waals surface area contributed by atoms with Crippen molar-refractivity contribution in [3.63, 3.8) is 0 Å². The molecule has 7 nitrogen and oxygen atoms in total. The molecule has 1 N–H and O–H groups in total. The van der Waals surface area contributed by atoms with E-state index in [1.807, 2.05) is 0 Å². The summed E-state index contributed by atoms with van der Waals surface area (Å²) < 4.78 is 11.1. The van der Waals surface area contributed by atoms with Gasteiger partial charge in [-0.15, -0.1) is 0 Å². The van der Waals surface area contributed by atoms with Crippen LogP contribution in [0, 0.1) is 0 Å². The lowest BCUT2D eigenvalue weighted by atomic mass is 10.1. The number of benzene rings is 2. The highest BCUT2D eigenvalue weighted by atomic mass is 16.6. The highest BCUT2D eigenvalue weighted by molar-refractivity contribution is 6.00. The molecule has 2 aliphatic heterocycles. The normalized spacial score (nSPS) is 20.1. The Kier molecular flexibility index (Phi) is 5.70. The first-order chi connectivity index (χ1) is 14.6. The molecule has 2 aromatic carbocycles. The molecular weight excluding hydrogens is 384 g/mol. The summed E-state index contributed by atoms with van der Waals surface area (Å²) in [5.74, 6) is -0.244. The van der Waals surface area contributed by atoms with Crippen molar-refractivity contribution in [3.05, 3.63) is 59.7 Å². The van der Waals surface area contributed by atoms with Crippen molar-refractivity contribution in [2.24, 2.45) is 0 Å². The number of fused-ring (bicyclic) bond motifs is 1. The average molecular weight is 408 g/mol. The fraction of sp³-hybridized carbons (Fsp3) is 0.348. The minimum absolute atomic E-state index is 0.204. The fourth-order valence-electron chi connectivity index (χ4n) is 3.78. The van der Waals surface area contributed by atoms with E-state index in [0.29, 0.717) is 29.8 Å². The predicted octanol–water partition coefficient (Wildman–Crippen LogP) is 3.66. The van der Waals surface area contributed by atoms with Crippen molar-refractivity contribution in [1.29, 1.82) is 0 Å². The van der Waals surface area contributed by atoms with Crippen LogP contribution in [-0.2, 0) is 14.3 Å². The van der Waals surface area contributed by atoms with Crippen molar-refractivity contribution in [1.82, 2.24) is 4.90 Å². The zero-order valence-electron chi connectivity index (χ0n) is 16.8. The number of nitrogens with one attached hydrogen (secondary N) is 1. The second-order valence-electron chi connectivity index (χ2n) is 7.42. The van der Waals surface area contributed by atoms with Gasteiger partial charge in [-0.25, -0.2) is 4.79 Å². The van der Waals surface area contributed by atoms with E-state index in [0.717, 1.165) is 18.6 Å². The van der Waals surface area contributed by atoms with Gasteiger partial charge in [-0.3, -0.25) is 14.5 Å². The van der Waals surface area contributed by atoms with E-state index in [-0.39, 0.29) is 18.2 Å². The monoisotopic (exact) mass is 408 g/mol. The SMILES string of the molecule is CCCCOc1ccc(NC(=O)C2CCC(=O)N2C2OC(=O)c3ccccc32)cc1. The zero-order chi connectivity index (χ0) is 21.1. The Labute approximate surface area is 175 Å². The molecule has 30 heavy (non-hydrogen) atoms. The van der Waals surface area contributed by atoms with Crippen LogP contribution in [0.4, 0.5) is 5.69 Å². The Hall–Kier alpha value is -3.35. The Bertz CT molecular complexity index is 956. The second-order valence-corrected chi connectivity index (χ2v) is 7.42. The molecule has 7 heteroatoms. The van der Waals surface area contributed by atoms with Crippen molar-refractivity contribution >= 4 is 23.5 Å². The lowest BCUT2D eigenvalue weighted by molar-refractivity contribution is -0.144. The summed E-state index contributed by atoms with van der Waals surface area (Å²) in [4.78, 5) is 39.0. The number of esters is 1. The maximum absolute atomic E-state index is 12.9. The fourth-order valence-corrected chi connectivity index (χ4v) is 3.78. The van der Waals surface area contributed by atoms with Gasteiger partial charge in [0, 0.05) is 17.7 Å². The first kappa shape index (κ1) is 19.9. The van der Waals surface area contributed by atoms with Crippen LogP contribution in [0.3, 0.4) is 0 Å². The van der Waals surface area contributed by atoms with E-state index < -0.39 is 18.2 Å². The molecule has 2 amide bonds. The van der Waals surface area contributed by atoms with Crippen LogP contribution < -0.4 is 10.1 Å². The lowest BCUT2D eigenvalue weighted by Crippen LogP contribution is -2.43. The summed E-state index contributed by atoms with van der Waals surface area (Å²) in [6.45, 7) is 2.76. The number of anilines is 1. The Morgan fingerprint density at radius 1 is 1.17 bits per heavy atom. The van der Waals surface area contributed by atoms with E-state index in [4.69, 9.17) is 9.47 Å². The van der Waals surface area contributed by atoms with E-state index in [1.54, 1.807) is 48.5 Å². The zero-order valence-corrected chi connectivity index (χ0v) is 16.8. The molecule has 0 saturated carbocycles. The van der Waals surface area contributed by atoms with Crippen molar-refractivity contribution in [2.75, 3.05) is 11.9 Å². The van der Waals surface area contributed by atoms with Crippen molar-refractivity contribution in [3.8, 4) is 5.75 Å². The van der Waals surface area contributed by atoms with Gasteiger partial charge in [0.25, 0.3) is 0 Å². The van der Waals surface area contributed by atoms with Gasteiger partial charge < -0.3 is 14.8 Å². The summed E-state index contributed by atoms with van der Waals surface area (Å²) in [7, 11) is 0. The highest BCUT2D eigenvalue weighted by Gasteiger charge is 2.46. The molecule has 1 saturated heterocycles. The van der Waals surface area contributed by atoms with Crippen molar-refractivity contribution in [2.45, 2.75) is 44.9 Å². The summed E-state index contributed by atoms with van der Waals surface area (Å²) in [6, 6.07) is 13.4. The number of amides is 2. The molecule has 0 bridgehead atoms. The summed E-state index contributed by atoms with van der Waals surface area (Å²) >= 11 is 0. The van der Waals surface area contributed by atoms with Gasteiger partial charge in [0.05, 0.1) is 12.2 Å². The Morgan fingerprint density at radius 2 is 1.93 bits per heavy atom. The number of rotatable bonds is 7. The third-order valence-corrected chi connectivity index (χ3v) is 5.36. The van der Waals surface area contributed by atoms with Gasteiger partial charge in [0.15, 0.2) is 0 Å². The molecule has 2 aromatic rings. The minimum Gasteiger partial charge on any atom is -0.494 e. The van der Waals surface area contributed by atoms with E-state index in [1.165, 1.54) is 4.90 Å². The maximum Gasteiger partial charge on any atom is 0.340 e. The van der Waals surface area contributed by atoms with Crippen molar-refractivity contribution < 1.29 is 23.9 Å². The molecule has 156 valence electrons. The van der Waals surface area contributed by atoms with Gasteiger partial charge in [-0.1, -0.05) is 31.5 Å². The molecule has 0 aliphatic carbocycles. The molecule has 0 radical (unpaired) electrons. The smallest absolute Gasteiger partial charge is 0.340 e. The summed E-state index contributed by atoms with van der Waals surface area (Å²) in [6.07, 6.45) is 1.79. The van der Waals surface area contributed by atoms with Gasteiger partial charge in [-0.2, -0.15) is 0 Å². The molecular formula is C23H24N2O5. The Morgan fingerprint density at radius 3 is 2.70 bits per heavy atom. The maximum atomic E-state index is 12.9. The first-order valence-electron chi connectivity index (χ1n) is 10.2. The van der Waals surface area contributed by atoms with Crippen LogP contribution in [-0.4, -0.2) is 35.3 Å². The number of unbranched alkanes of at least 4 members (excludes halogenated alkanes) is 1. The molecule has 2 atom stereocenters. The highest BCUT2D eigenvalue weighted by Crippen LogP contribution is 2.38. The number of hydrogen-bond donors (Lipinski definition) is 1. The molecule has 0 spiro atoms. The van der Waals surface area contributed by atoms with Gasteiger partial charge in [0.1, 0.15) is 11.8 Å². The standard InChI is InChI=1S/C23H24N2O5/c1-2-3-14-29-16-10-8-15(9-11-16)24-21(27)19-12-13-20(26)25(19)22-17-6-4-5-7-18(17)23(28)30-22/h4-11,19,22H,2-3,12-14H2,1H3,(H,24,27). The van der Waals surface area contributed by atoms with Crippen LogP contribution in [0.25, 0.3) is 0 Å². The Balaban J connectivity index is 1.46. The van der Waals surface area contributed by atoms with Crippen LogP contribution in [0.2, 0.25) is 0 Å². The number of cyclic esters (lactones) is 1. The third-order valence-electron chi connectivity index (χ3n) is 5.36. The first-order valence-corrected chi connectivity index (χ1v) is 10.2. The number of nitrogens with zero attached hydrogens (tertiary/aromatic N) is 1. The van der Waals surface area contributed by atoms with Gasteiger partial charge in [-0.05, 0) is 43.2 Å². The number of likely N-dealkylation sites (tertiary alicyclic amines) is 1. The molecule has 0 aromatic heterocycles. The quantitative estimate of drug-likeness (QED) is 0.558. The molecule has 4 rings (SSSR count). The van der Waals surface area contributed by atoms with E-state index in [2.05, 4.69) is 12.2 Å². The molecule has 1 fully saturated rings. The number of hydrogen-bond acceptors (Lipinski definition) is 5. The van der Waals surface area contributed by atoms with E-state index >= 15 is 0 Å². The molecule has 2 aliphatic rings. The number of carbonyl (C=O) groups excluding carboxylic acids is 3. The van der Waals surface area contributed by atoms with Crippen LogP contribution in [0.15, 0.2) is 48.5 Å². The van der Waals surface area contributed by atoms with E-state index in [9.17, 15) is 14.4 Å². The number of carbonyl (C=O) groups is 3. The predicted molar refractivity (Wildman–Crippen MR) is 110 cm³/mol. The summed E-state index contributed by atoms with van der Waals surface area (Å²) in [5, 5.41) is 2.86. The van der Waals surface area contributed by atoms with Gasteiger partial charge >= 0.3 is 5.97 Å². The lowest BCUT2D eigenvalue weighted by Gasteiger charge is -2.29. The third kappa shape index (κ3) is 3.87. The van der Waals surface area contributed by atoms with Crippen LogP contribution in [0.5, 0.6) is 5.75 Å².